The standard InChI is InChI=1S/C16H19NO2S/c1-4-12-13(17)15(16(18)19-5-2)20-14(12)11-8-6-10(3)7-9-11/h6-9H,4-5,17H2,1-3H3. The molecule has 106 valence electrons. The molecule has 2 rings (SSSR count). The lowest BCUT2D eigenvalue weighted by atomic mass is 10.0. The minimum absolute atomic E-state index is 0.330. The quantitative estimate of drug-likeness (QED) is 0.864. The number of hydrogen-bond donors (Lipinski definition) is 1. The van der Waals surface area contributed by atoms with Gasteiger partial charge in [-0.25, -0.2) is 4.79 Å². The van der Waals surface area contributed by atoms with Crippen LogP contribution in [0.5, 0.6) is 0 Å². The van der Waals surface area contributed by atoms with Crippen molar-refractivity contribution in [2.75, 3.05) is 12.3 Å². The van der Waals surface area contributed by atoms with Crippen LogP contribution in [0.25, 0.3) is 10.4 Å². The van der Waals surface area contributed by atoms with Crippen LogP contribution in [0, 0.1) is 6.92 Å². The van der Waals surface area contributed by atoms with Crippen LogP contribution in [0.4, 0.5) is 5.69 Å². The highest BCUT2D eigenvalue weighted by Gasteiger charge is 2.21. The Morgan fingerprint density at radius 1 is 1.25 bits per heavy atom. The molecule has 0 aliphatic rings. The van der Waals surface area contributed by atoms with Gasteiger partial charge in [-0.05, 0) is 31.4 Å². The summed E-state index contributed by atoms with van der Waals surface area (Å²) in [6.45, 7) is 6.25. The molecule has 1 heterocycles. The van der Waals surface area contributed by atoms with Crippen molar-refractivity contribution in [3.63, 3.8) is 0 Å². The molecule has 4 heteroatoms. The predicted molar refractivity (Wildman–Crippen MR) is 84.2 cm³/mol. The molecule has 0 unspecified atom stereocenters. The molecule has 2 aromatic rings. The molecule has 0 bridgehead atoms. The lowest BCUT2D eigenvalue weighted by Gasteiger charge is -2.03. The maximum Gasteiger partial charge on any atom is 0.350 e. The zero-order valence-electron chi connectivity index (χ0n) is 12.0. The number of rotatable bonds is 4. The maximum atomic E-state index is 11.9. The van der Waals surface area contributed by atoms with Gasteiger partial charge in [-0.1, -0.05) is 36.8 Å². The second-order valence-corrected chi connectivity index (χ2v) is 5.61. The van der Waals surface area contributed by atoms with Gasteiger partial charge in [-0.15, -0.1) is 11.3 Å². The normalized spacial score (nSPS) is 10.6. The summed E-state index contributed by atoms with van der Waals surface area (Å²) in [4.78, 5) is 13.5. The molecule has 0 saturated carbocycles. The van der Waals surface area contributed by atoms with E-state index in [1.165, 1.54) is 16.9 Å². The summed E-state index contributed by atoms with van der Waals surface area (Å²) in [5.74, 6) is -0.330. The minimum Gasteiger partial charge on any atom is -0.462 e. The Labute approximate surface area is 123 Å². The third-order valence-corrected chi connectivity index (χ3v) is 4.45. The minimum atomic E-state index is -0.330. The van der Waals surface area contributed by atoms with E-state index in [1.807, 2.05) is 6.92 Å². The van der Waals surface area contributed by atoms with Crippen molar-refractivity contribution >= 4 is 23.0 Å². The summed E-state index contributed by atoms with van der Waals surface area (Å²) in [5.41, 5.74) is 10.0. The molecule has 0 spiro atoms. The maximum absolute atomic E-state index is 11.9. The molecule has 0 aliphatic carbocycles. The van der Waals surface area contributed by atoms with Crippen LogP contribution in [-0.2, 0) is 11.2 Å². The molecule has 0 radical (unpaired) electrons. The summed E-state index contributed by atoms with van der Waals surface area (Å²) in [6.07, 6.45) is 0.797. The highest BCUT2D eigenvalue weighted by molar-refractivity contribution is 7.18. The van der Waals surface area contributed by atoms with E-state index >= 15 is 0 Å². The van der Waals surface area contributed by atoms with Crippen molar-refractivity contribution in [1.29, 1.82) is 0 Å². The van der Waals surface area contributed by atoms with E-state index in [0.717, 1.165) is 22.4 Å². The van der Waals surface area contributed by atoms with Gasteiger partial charge in [0.05, 0.1) is 12.3 Å². The molecular weight excluding hydrogens is 270 g/mol. The number of esters is 1. The summed E-state index contributed by atoms with van der Waals surface area (Å²) in [5, 5.41) is 0. The molecule has 1 aromatic heterocycles. The average Bonchev–Trinajstić information content (AvgIpc) is 2.77. The third-order valence-electron chi connectivity index (χ3n) is 3.18. The lowest BCUT2D eigenvalue weighted by molar-refractivity contribution is 0.0533. The summed E-state index contributed by atoms with van der Waals surface area (Å²) in [7, 11) is 0. The Balaban J connectivity index is 2.50. The van der Waals surface area contributed by atoms with Gasteiger partial charge in [-0.3, -0.25) is 0 Å². The van der Waals surface area contributed by atoms with Crippen molar-refractivity contribution in [1.82, 2.24) is 0 Å². The molecular formula is C16H19NO2S. The van der Waals surface area contributed by atoms with Crippen molar-refractivity contribution < 1.29 is 9.53 Å². The number of nitrogens with two attached hydrogens (primary N) is 1. The predicted octanol–water partition coefficient (Wildman–Crippen LogP) is 4.04. The highest BCUT2D eigenvalue weighted by Crippen LogP contribution is 2.39. The van der Waals surface area contributed by atoms with E-state index in [-0.39, 0.29) is 5.97 Å². The summed E-state index contributed by atoms with van der Waals surface area (Å²) in [6, 6.07) is 8.26. The van der Waals surface area contributed by atoms with Gasteiger partial charge in [0.15, 0.2) is 0 Å². The van der Waals surface area contributed by atoms with Crippen molar-refractivity contribution in [3.8, 4) is 10.4 Å². The number of carbonyl (C=O) groups is 1. The van der Waals surface area contributed by atoms with Gasteiger partial charge in [0.25, 0.3) is 0 Å². The molecule has 3 nitrogen and oxygen atoms in total. The SMILES string of the molecule is CCOC(=O)c1sc(-c2ccc(C)cc2)c(CC)c1N. The van der Waals surface area contributed by atoms with E-state index < -0.39 is 0 Å². The first-order valence-electron chi connectivity index (χ1n) is 6.73. The first kappa shape index (κ1) is 14.6. The summed E-state index contributed by atoms with van der Waals surface area (Å²) >= 11 is 1.42. The fourth-order valence-electron chi connectivity index (χ4n) is 2.12. The van der Waals surface area contributed by atoms with Crippen molar-refractivity contribution in [2.45, 2.75) is 27.2 Å². The third kappa shape index (κ3) is 2.70. The fraction of sp³-hybridized carbons (Fsp3) is 0.312. The van der Waals surface area contributed by atoms with Crippen LogP contribution >= 0.6 is 11.3 Å². The van der Waals surface area contributed by atoms with Crippen molar-refractivity contribution in [2.24, 2.45) is 0 Å². The van der Waals surface area contributed by atoms with Gasteiger partial charge in [0.1, 0.15) is 4.88 Å². The highest BCUT2D eigenvalue weighted by atomic mass is 32.1. The fourth-order valence-corrected chi connectivity index (χ4v) is 3.33. The molecule has 0 fully saturated rings. The second-order valence-electron chi connectivity index (χ2n) is 4.59. The Morgan fingerprint density at radius 2 is 1.90 bits per heavy atom. The average molecular weight is 289 g/mol. The number of benzene rings is 1. The van der Waals surface area contributed by atoms with Crippen LogP contribution in [0.2, 0.25) is 0 Å². The number of carbonyl (C=O) groups excluding carboxylic acids is 1. The first-order valence-corrected chi connectivity index (χ1v) is 7.55. The van der Waals surface area contributed by atoms with Crippen LogP contribution < -0.4 is 5.73 Å². The van der Waals surface area contributed by atoms with Gasteiger partial charge in [-0.2, -0.15) is 0 Å². The van der Waals surface area contributed by atoms with Crippen LogP contribution in [0.1, 0.15) is 34.6 Å². The van der Waals surface area contributed by atoms with Crippen LogP contribution in [-0.4, -0.2) is 12.6 Å². The first-order chi connectivity index (χ1) is 9.58. The Morgan fingerprint density at radius 3 is 2.45 bits per heavy atom. The van der Waals surface area contributed by atoms with E-state index in [4.69, 9.17) is 10.5 Å². The van der Waals surface area contributed by atoms with E-state index in [9.17, 15) is 4.79 Å². The van der Waals surface area contributed by atoms with Gasteiger partial charge >= 0.3 is 5.97 Å². The number of anilines is 1. The van der Waals surface area contributed by atoms with Gasteiger partial charge in [0, 0.05) is 4.88 Å². The number of thiophene rings is 1. The molecule has 1 aromatic carbocycles. The zero-order valence-corrected chi connectivity index (χ0v) is 12.8. The zero-order chi connectivity index (χ0) is 14.7. The molecule has 0 atom stereocenters. The van der Waals surface area contributed by atoms with Crippen LogP contribution in [0.15, 0.2) is 24.3 Å². The molecule has 0 saturated heterocycles. The van der Waals surface area contributed by atoms with Gasteiger partial charge < -0.3 is 10.5 Å². The summed E-state index contributed by atoms with van der Waals surface area (Å²) < 4.78 is 5.07. The second kappa shape index (κ2) is 6.09. The molecule has 20 heavy (non-hydrogen) atoms. The van der Waals surface area contributed by atoms with Gasteiger partial charge in [0.2, 0.25) is 0 Å². The smallest absolute Gasteiger partial charge is 0.350 e. The molecule has 2 N–H and O–H groups in total. The molecule has 0 amide bonds. The number of aryl methyl sites for hydroxylation is 1. The van der Waals surface area contributed by atoms with Crippen molar-refractivity contribution in [3.05, 3.63) is 40.3 Å². The topological polar surface area (TPSA) is 52.3 Å². The Kier molecular flexibility index (Phi) is 4.45. The monoisotopic (exact) mass is 289 g/mol. The van der Waals surface area contributed by atoms with E-state index in [2.05, 4.69) is 31.2 Å². The lowest BCUT2D eigenvalue weighted by Crippen LogP contribution is -2.05. The number of nitrogen functional groups attached to an aromatic ring is 1. The largest absolute Gasteiger partial charge is 0.462 e. The molecule has 0 aliphatic heterocycles. The Hall–Kier alpha value is -1.81. The number of ether oxygens (including phenoxy) is 1. The van der Waals surface area contributed by atoms with E-state index in [0.29, 0.717) is 17.2 Å². The number of hydrogen-bond acceptors (Lipinski definition) is 4. The van der Waals surface area contributed by atoms with E-state index in [1.54, 1.807) is 6.92 Å². The Bertz CT molecular complexity index is 614. The van der Waals surface area contributed by atoms with Crippen LogP contribution in [0.3, 0.4) is 0 Å².